The number of hydrogen-bond donors (Lipinski definition) is 1. The maximum atomic E-state index is 5.15. The van der Waals surface area contributed by atoms with Crippen LogP contribution in [0.3, 0.4) is 0 Å². The molecule has 5 nitrogen and oxygen atoms in total. The second kappa shape index (κ2) is 5.21. The summed E-state index contributed by atoms with van der Waals surface area (Å²) in [6.45, 7) is 0.732. The Morgan fingerprint density at radius 1 is 1.15 bits per heavy atom. The van der Waals surface area contributed by atoms with E-state index in [2.05, 4.69) is 15.4 Å². The van der Waals surface area contributed by atoms with Crippen LogP contribution in [0.15, 0.2) is 42.9 Å². The highest BCUT2D eigenvalue weighted by Gasteiger charge is 2.06. The summed E-state index contributed by atoms with van der Waals surface area (Å²) in [4.78, 5) is 4.23. The van der Waals surface area contributed by atoms with E-state index in [4.69, 9.17) is 4.74 Å². The summed E-state index contributed by atoms with van der Waals surface area (Å²) in [7, 11) is 3.60. The van der Waals surface area contributed by atoms with Crippen LogP contribution in [-0.2, 0) is 13.6 Å². The summed E-state index contributed by atoms with van der Waals surface area (Å²) >= 11 is 0. The molecule has 0 aliphatic heterocycles. The average molecular weight is 268 g/mol. The van der Waals surface area contributed by atoms with Gasteiger partial charge in [0, 0.05) is 25.2 Å². The molecule has 3 rings (SSSR count). The second-order valence-electron chi connectivity index (χ2n) is 4.59. The van der Waals surface area contributed by atoms with Gasteiger partial charge in [0.2, 0.25) is 0 Å². The first-order valence-electron chi connectivity index (χ1n) is 6.40. The van der Waals surface area contributed by atoms with Gasteiger partial charge < -0.3 is 10.1 Å². The van der Waals surface area contributed by atoms with Gasteiger partial charge in [-0.05, 0) is 17.7 Å². The van der Waals surface area contributed by atoms with Crippen molar-refractivity contribution in [3.8, 4) is 5.75 Å². The molecule has 2 heterocycles. The van der Waals surface area contributed by atoms with E-state index >= 15 is 0 Å². The molecule has 2 aromatic heterocycles. The van der Waals surface area contributed by atoms with Crippen molar-refractivity contribution in [2.75, 3.05) is 12.4 Å². The number of benzene rings is 1. The fraction of sp³-hybridized carbons (Fsp3) is 0.200. The maximum Gasteiger partial charge on any atom is 0.118 e. The molecule has 102 valence electrons. The first-order valence-corrected chi connectivity index (χ1v) is 6.40. The number of ether oxygens (including phenoxy) is 1. The van der Waals surface area contributed by atoms with Crippen LogP contribution in [0.25, 0.3) is 10.9 Å². The highest BCUT2D eigenvalue weighted by atomic mass is 16.5. The summed E-state index contributed by atoms with van der Waals surface area (Å²) < 4.78 is 7.01. The molecule has 0 radical (unpaired) electrons. The van der Waals surface area contributed by atoms with E-state index in [-0.39, 0.29) is 0 Å². The van der Waals surface area contributed by atoms with Crippen LogP contribution in [-0.4, -0.2) is 21.9 Å². The maximum absolute atomic E-state index is 5.15. The monoisotopic (exact) mass is 268 g/mol. The predicted octanol–water partition coefficient (Wildman–Crippen LogP) is 2.59. The van der Waals surface area contributed by atoms with Gasteiger partial charge in [-0.25, -0.2) is 0 Å². The lowest BCUT2D eigenvalue weighted by Crippen LogP contribution is -2.02. The smallest absolute Gasteiger partial charge is 0.118 e. The highest BCUT2D eigenvalue weighted by Crippen LogP contribution is 2.21. The normalized spacial score (nSPS) is 10.7. The van der Waals surface area contributed by atoms with E-state index < -0.39 is 0 Å². The van der Waals surface area contributed by atoms with Crippen molar-refractivity contribution in [1.29, 1.82) is 0 Å². The van der Waals surface area contributed by atoms with E-state index in [9.17, 15) is 0 Å². The Bertz CT molecular complexity index is 718. The van der Waals surface area contributed by atoms with Gasteiger partial charge >= 0.3 is 0 Å². The fourth-order valence-electron chi connectivity index (χ4n) is 2.20. The van der Waals surface area contributed by atoms with Crippen LogP contribution in [0, 0.1) is 0 Å². The van der Waals surface area contributed by atoms with Crippen LogP contribution in [0.5, 0.6) is 5.75 Å². The van der Waals surface area contributed by atoms with Crippen LogP contribution in [0.4, 0.5) is 5.69 Å². The molecule has 20 heavy (non-hydrogen) atoms. The molecule has 5 heteroatoms. The Morgan fingerprint density at radius 3 is 2.70 bits per heavy atom. The molecular weight excluding hydrogens is 252 g/mol. The summed E-state index contributed by atoms with van der Waals surface area (Å²) in [5, 5.41) is 8.69. The third-order valence-electron chi connectivity index (χ3n) is 3.28. The Balaban J connectivity index is 1.81. The molecule has 0 bridgehead atoms. The number of fused-ring (bicyclic) bond motifs is 1. The first kappa shape index (κ1) is 12.5. The molecule has 1 N–H and O–H groups in total. The third-order valence-corrected chi connectivity index (χ3v) is 3.28. The van der Waals surface area contributed by atoms with Crippen molar-refractivity contribution in [3.63, 3.8) is 0 Å². The third kappa shape index (κ3) is 2.30. The van der Waals surface area contributed by atoms with Crippen LogP contribution in [0.2, 0.25) is 0 Å². The lowest BCUT2D eigenvalue weighted by atomic mass is 10.2. The van der Waals surface area contributed by atoms with Crippen molar-refractivity contribution < 1.29 is 4.74 Å². The standard InChI is InChI=1S/C15H16N4O/c1-19-15-12(9-18-19)8-16-10-14(15)17-7-11-3-5-13(20-2)6-4-11/h3-6,8-10,17H,7H2,1-2H3. The number of aryl methyl sites for hydroxylation is 1. The van der Waals surface area contributed by atoms with Gasteiger partial charge in [0.15, 0.2) is 0 Å². The molecule has 0 spiro atoms. The summed E-state index contributed by atoms with van der Waals surface area (Å²) in [5.41, 5.74) is 3.23. The van der Waals surface area contributed by atoms with Crippen molar-refractivity contribution in [1.82, 2.24) is 14.8 Å². The molecule has 0 saturated carbocycles. The molecule has 0 atom stereocenters. The van der Waals surface area contributed by atoms with E-state index in [1.807, 2.05) is 54.6 Å². The van der Waals surface area contributed by atoms with Gasteiger partial charge in [0.1, 0.15) is 5.75 Å². The van der Waals surface area contributed by atoms with Gasteiger partial charge in [0.25, 0.3) is 0 Å². The van der Waals surface area contributed by atoms with E-state index in [1.165, 1.54) is 5.56 Å². The number of nitrogens with zero attached hydrogens (tertiary/aromatic N) is 3. The summed E-state index contributed by atoms with van der Waals surface area (Å²) in [5.74, 6) is 0.865. The largest absolute Gasteiger partial charge is 0.497 e. The average Bonchev–Trinajstić information content (AvgIpc) is 2.88. The quantitative estimate of drug-likeness (QED) is 0.790. The Labute approximate surface area is 117 Å². The van der Waals surface area contributed by atoms with Gasteiger partial charge in [-0.2, -0.15) is 5.10 Å². The zero-order chi connectivity index (χ0) is 13.9. The van der Waals surface area contributed by atoms with E-state index in [0.29, 0.717) is 0 Å². The Kier molecular flexibility index (Phi) is 3.25. The van der Waals surface area contributed by atoms with Gasteiger partial charge in [-0.1, -0.05) is 12.1 Å². The minimum atomic E-state index is 0.732. The number of nitrogens with one attached hydrogen (secondary N) is 1. The molecule has 3 aromatic rings. The Hall–Kier alpha value is -2.56. The number of aromatic nitrogens is 3. The topological polar surface area (TPSA) is 52.0 Å². The van der Waals surface area contributed by atoms with Gasteiger partial charge in [-0.15, -0.1) is 0 Å². The van der Waals surface area contributed by atoms with Crippen LogP contribution >= 0.6 is 0 Å². The zero-order valence-electron chi connectivity index (χ0n) is 11.5. The number of pyridine rings is 1. The molecule has 0 amide bonds. The lowest BCUT2D eigenvalue weighted by Gasteiger charge is -2.09. The van der Waals surface area contributed by atoms with Crippen molar-refractivity contribution >= 4 is 16.6 Å². The number of anilines is 1. The first-order chi connectivity index (χ1) is 9.78. The molecule has 0 fully saturated rings. The summed E-state index contributed by atoms with van der Waals surface area (Å²) in [6, 6.07) is 8.01. The SMILES string of the molecule is COc1ccc(CNc2cncc3cnn(C)c23)cc1. The second-order valence-corrected chi connectivity index (χ2v) is 4.59. The highest BCUT2D eigenvalue weighted by molar-refractivity contribution is 5.89. The molecule has 0 saturated heterocycles. The van der Waals surface area contributed by atoms with Crippen molar-refractivity contribution in [3.05, 3.63) is 48.4 Å². The Morgan fingerprint density at radius 2 is 1.95 bits per heavy atom. The summed E-state index contributed by atoms with van der Waals surface area (Å²) in [6.07, 6.45) is 5.47. The number of hydrogen-bond acceptors (Lipinski definition) is 4. The van der Waals surface area contributed by atoms with Crippen LogP contribution in [0.1, 0.15) is 5.56 Å². The van der Waals surface area contributed by atoms with Gasteiger partial charge in [-0.3, -0.25) is 9.67 Å². The fourth-order valence-corrected chi connectivity index (χ4v) is 2.20. The molecule has 1 aromatic carbocycles. The van der Waals surface area contributed by atoms with Crippen molar-refractivity contribution in [2.24, 2.45) is 7.05 Å². The van der Waals surface area contributed by atoms with E-state index in [1.54, 1.807) is 7.11 Å². The predicted molar refractivity (Wildman–Crippen MR) is 78.8 cm³/mol. The molecule has 0 aliphatic carbocycles. The number of rotatable bonds is 4. The van der Waals surface area contributed by atoms with Gasteiger partial charge in [0.05, 0.1) is 30.7 Å². The van der Waals surface area contributed by atoms with Crippen molar-refractivity contribution in [2.45, 2.75) is 6.54 Å². The van der Waals surface area contributed by atoms with E-state index in [0.717, 1.165) is 28.9 Å². The molecule has 0 aliphatic rings. The lowest BCUT2D eigenvalue weighted by molar-refractivity contribution is 0.414. The zero-order valence-corrected chi connectivity index (χ0v) is 11.5. The minimum Gasteiger partial charge on any atom is -0.497 e. The molecular formula is C15H16N4O. The molecule has 0 unspecified atom stereocenters. The number of methoxy groups -OCH3 is 1. The minimum absolute atomic E-state index is 0.732. The van der Waals surface area contributed by atoms with Crippen LogP contribution < -0.4 is 10.1 Å².